The third-order valence-electron chi connectivity index (χ3n) is 5.96. The summed E-state index contributed by atoms with van der Waals surface area (Å²) in [5.74, 6) is 0.817. The molecule has 2 aromatic heterocycles. The van der Waals surface area contributed by atoms with Crippen LogP contribution in [0.1, 0.15) is 55.3 Å². The van der Waals surface area contributed by atoms with E-state index in [9.17, 15) is 0 Å². The van der Waals surface area contributed by atoms with Gasteiger partial charge in [-0.3, -0.25) is 0 Å². The largest absolute Gasteiger partial charge is 0.454 e. The molecular formula is C19H21N3O. The van der Waals surface area contributed by atoms with Crippen molar-refractivity contribution < 1.29 is 4.42 Å². The number of hydrogen-bond donors (Lipinski definition) is 1. The van der Waals surface area contributed by atoms with Gasteiger partial charge in [0.1, 0.15) is 11.1 Å². The van der Waals surface area contributed by atoms with E-state index in [1.807, 2.05) is 13.1 Å². The molecule has 2 heterocycles. The Kier molecular flexibility index (Phi) is 2.54. The maximum absolute atomic E-state index is 6.35. The van der Waals surface area contributed by atoms with Crippen molar-refractivity contribution in [2.24, 2.45) is 11.7 Å². The molecule has 0 saturated heterocycles. The minimum atomic E-state index is -0.0623. The van der Waals surface area contributed by atoms with Crippen LogP contribution in [0.25, 0.3) is 22.1 Å². The van der Waals surface area contributed by atoms with Crippen LogP contribution in [0.5, 0.6) is 0 Å². The van der Waals surface area contributed by atoms with Crippen molar-refractivity contribution in [3.05, 3.63) is 35.0 Å². The average Bonchev–Trinajstić information content (AvgIpc) is 2.90. The number of nitrogens with zero attached hydrogens (tertiary/aromatic N) is 2. The van der Waals surface area contributed by atoms with E-state index in [4.69, 9.17) is 10.2 Å². The molecule has 0 spiro atoms. The fraction of sp³-hybridized carbons (Fsp3) is 0.474. The van der Waals surface area contributed by atoms with Gasteiger partial charge in [-0.05, 0) is 50.7 Å². The highest BCUT2D eigenvalue weighted by Gasteiger charge is 2.59. The average molecular weight is 307 g/mol. The molecule has 3 aromatic rings. The minimum Gasteiger partial charge on any atom is -0.454 e. The molecule has 2 N–H and O–H groups in total. The molecule has 2 unspecified atom stereocenters. The van der Waals surface area contributed by atoms with Crippen LogP contribution in [-0.2, 0) is 5.41 Å². The number of furan rings is 1. The van der Waals surface area contributed by atoms with E-state index in [0.29, 0.717) is 5.41 Å². The normalized spacial score (nSPS) is 27.5. The van der Waals surface area contributed by atoms with Crippen LogP contribution < -0.4 is 5.73 Å². The van der Waals surface area contributed by atoms with Gasteiger partial charge in [0.05, 0.1) is 6.20 Å². The van der Waals surface area contributed by atoms with Crippen molar-refractivity contribution >= 4 is 22.1 Å². The molecule has 0 radical (unpaired) electrons. The quantitative estimate of drug-likeness (QED) is 0.772. The predicted octanol–water partition coefficient (Wildman–Crippen LogP) is 4.15. The van der Waals surface area contributed by atoms with E-state index < -0.39 is 0 Å². The summed E-state index contributed by atoms with van der Waals surface area (Å²) in [6.45, 7) is 4.09. The first-order chi connectivity index (χ1) is 11.1. The third-order valence-corrected chi connectivity index (χ3v) is 5.96. The van der Waals surface area contributed by atoms with E-state index in [1.165, 1.54) is 36.8 Å². The summed E-state index contributed by atoms with van der Waals surface area (Å²) in [5, 5.41) is 9.77. The lowest BCUT2D eigenvalue weighted by molar-refractivity contribution is 0.609. The van der Waals surface area contributed by atoms with Crippen molar-refractivity contribution in [3.63, 3.8) is 0 Å². The van der Waals surface area contributed by atoms with Gasteiger partial charge in [0, 0.05) is 28.0 Å². The summed E-state index contributed by atoms with van der Waals surface area (Å²) in [4.78, 5) is 0. The molecule has 2 saturated carbocycles. The fourth-order valence-corrected chi connectivity index (χ4v) is 4.74. The van der Waals surface area contributed by atoms with Gasteiger partial charge in [0.2, 0.25) is 0 Å². The van der Waals surface area contributed by atoms with Crippen LogP contribution in [-0.4, -0.2) is 10.2 Å². The molecule has 1 aromatic carbocycles. The highest BCUT2D eigenvalue weighted by atomic mass is 16.3. The topological polar surface area (TPSA) is 64.9 Å². The number of aryl methyl sites for hydroxylation is 1. The van der Waals surface area contributed by atoms with Gasteiger partial charge < -0.3 is 10.2 Å². The van der Waals surface area contributed by atoms with Crippen molar-refractivity contribution in [2.45, 2.75) is 51.0 Å². The highest BCUT2D eigenvalue weighted by molar-refractivity contribution is 6.05. The Bertz CT molecular complexity index is 943. The number of nitrogens with two attached hydrogens (primary N) is 1. The summed E-state index contributed by atoms with van der Waals surface area (Å²) < 4.78 is 6.35. The standard InChI is InChI=1S/C19H21N3O/c1-10-6-13(11(2)20)17-14(7-10)16-18(23-17)15(9-21-22-16)19-5-3-4-12(19)8-19/h6-7,9,11-12H,3-5,8,20H2,1-2H3/t11-,12?,19?/m1/s1. The zero-order valence-corrected chi connectivity index (χ0v) is 13.6. The monoisotopic (exact) mass is 307 g/mol. The Hall–Kier alpha value is -1.94. The SMILES string of the molecule is Cc1cc([C@@H](C)N)c2oc3c(C45CCCC4C5)cnnc3c2c1. The van der Waals surface area contributed by atoms with E-state index in [1.54, 1.807) is 0 Å². The molecule has 2 aliphatic rings. The van der Waals surface area contributed by atoms with Crippen LogP contribution in [0.3, 0.4) is 0 Å². The molecule has 2 fully saturated rings. The van der Waals surface area contributed by atoms with Gasteiger partial charge in [0.15, 0.2) is 5.58 Å². The number of benzene rings is 1. The number of fused-ring (bicyclic) bond motifs is 4. The van der Waals surface area contributed by atoms with Gasteiger partial charge in [-0.1, -0.05) is 12.5 Å². The summed E-state index contributed by atoms with van der Waals surface area (Å²) in [6.07, 6.45) is 7.14. The van der Waals surface area contributed by atoms with Gasteiger partial charge in [-0.2, -0.15) is 5.10 Å². The molecular weight excluding hydrogens is 286 g/mol. The molecule has 4 nitrogen and oxygen atoms in total. The summed E-state index contributed by atoms with van der Waals surface area (Å²) in [5.41, 5.74) is 12.7. The van der Waals surface area contributed by atoms with Gasteiger partial charge in [-0.15, -0.1) is 5.10 Å². The van der Waals surface area contributed by atoms with E-state index in [-0.39, 0.29) is 6.04 Å². The summed E-state index contributed by atoms with van der Waals surface area (Å²) in [7, 11) is 0. The molecule has 23 heavy (non-hydrogen) atoms. The fourth-order valence-electron chi connectivity index (χ4n) is 4.74. The molecule has 118 valence electrons. The molecule has 5 rings (SSSR count). The Morgan fingerprint density at radius 2 is 2.22 bits per heavy atom. The molecule has 0 aliphatic heterocycles. The second-order valence-electron chi connectivity index (χ2n) is 7.51. The van der Waals surface area contributed by atoms with Crippen molar-refractivity contribution in [1.82, 2.24) is 10.2 Å². The van der Waals surface area contributed by atoms with Crippen LogP contribution in [0.4, 0.5) is 0 Å². The summed E-state index contributed by atoms with van der Waals surface area (Å²) >= 11 is 0. The summed E-state index contributed by atoms with van der Waals surface area (Å²) in [6, 6.07) is 4.20. The molecule has 0 bridgehead atoms. The molecule has 4 heteroatoms. The number of rotatable bonds is 2. The van der Waals surface area contributed by atoms with Crippen LogP contribution in [0.2, 0.25) is 0 Å². The zero-order valence-electron chi connectivity index (χ0n) is 13.6. The third kappa shape index (κ3) is 1.70. The maximum Gasteiger partial charge on any atom is 0.161 e. The Morgan fingerprint density at radius 1 is 1.35 bits per heavy atom. The minimum absolute atomic E-state index is 0.0623. The Morgan fingerprint density at radius 3 is 2.91 bits per heavy atom. The molecule has 3 atom stereocenters. The van der Waals surface area contributed by atoms with Crippen molar-refractivity contribution in [3.8, 4) is 0 Å². The second kappa shape index (κ2) is 4.32. The van der Waals surface area contributed by atoms with Crippen LogP contribution in [0, 0.1) is 12.8 Å². The van der Waals surface area contributed by atoms with Crippen LogP contribution in [0.15, 0.2) is 22.7 Å². The van der Waals surface area contributed by atoms with E-state index >= 15 is 0 Å². The first kappa shape index (κ1) is 13.5. The number of aromatic nitrogens is 2. The Labute approximate surface area is 135 Å². The van der Waals surface area contributed by atoms with Gasteiger partial charge in [-0.25, -0.2) is 0 Å². The second-order valence-corrected chi connectivity index (χ2v) is 7.51. The Balaban J connectivity index is 1.85. The smallest absolute Gasteiger partial charge is 0.161 e. The first-order valence-electron chi connectivity index (χ1n) is 8.55. The predicted molar refractivity (Wildman–Crippen MR) is 90.3 cm³/mol. The lowest BCUT2D eigenvalue weighted by Gasteiger charge is -2.11. The molecule has 0 amide bonds. The van der Waals surface area contributed by atoms with E-state index in [0.717, 1.165) is 33.6 Å². The van der Waals surface area contributed by atoms with Crippen molar-refractivity contribution in [2.75, 3.05) is 0 Å². The maximum atomic E-state index is 6.35. The van der Waals surface area contributed by atoms with Gasteiger partial charge in [0.25, 0.3) is 0 Å². The molecule has 2 aliphatic carbocycles. The number of hydrogen-bond acceptors (Lipinski definition) is 4. The van der Waals surface area contributed by atoms with Gasteiger partial charge >= 0.3 is 0 Å². The lowest BCUT2D eigenvalue weighted by Crippen LogP contribution is -2.06. The van der Waals surface area contributed by atoms with Crippen molar-refractivity contribution in [1.29, 1.82) is 0 Å². The lowest BCUT2D eigenvalue weighted by atomic mass is 9.94. The highest BCUT2D eigenvalue weighted by Crippen LogP contribution is 2.65. The van der Waals surface area contributed by atoms with E-state index in [2.05, 4.69) is 29.3 Å². The first-order valence-corrected chi connectivity index (χ1v) is 8.55. The zero-order chi connectivity index (χ0) is 15.8. The van der Waals surface area contributed by atoms with Crippen LogP contribution >= 0.6 is 0 Å².